The molecule has 2 rings (SSSR count). The van der Waals surface area contributed by atoms with Gasteiger partial charge in [0.05, 0.1) is 12.3 Å². The molecule has 0 bridgehead atoms. The van der Waals surface area contributed by atoms with Gasteiger partial charge in [0.15, 0.2) is 0 Å². The average molecular weight is 251 g/mol. The summed E-state index contributed by atoms with van der Waals surface area (Å²) in [5.74, 6) is 1.37. The Balaban J connectivity index is 1.81. The molecule has 0 amide bonds. The minimum absolute atomic E-state index is 0.666. The van der Waals surface area contributed by atoms with Crippen LogP contribution in [0.3, 0.4) is 0 Å². The molecule has 18 heavy (non-hydrogen) atoms. The van der Waals surface area contributed by atoms with Crippen LogP contribution >= 0.6 is 0 Å². The van der Waals surface area contributed by atoms with E-state index in [0.717, 1.165) is 26.1 Å². The topological polar surface area (TPSA) is 41.1 Å². The first-order valence-corrected chi connectivity index (χ1v) is 6.91. The van der Waals surface area contributed by atoms with E-state index in [2.05, 4.69) is 35.0 Å². The van der Waals surface area contributed by atoms with Gasteiger partial charge in [0.2, 0.25) is 0 Å². The summed E-state index contributed by atoms with van der Waals surface area (Å²) in [6.45, 7) is 8.65. The third kappa shape index (κ3) is 3.82. The summed E-state index contributed by atoms with van der Waals surface area (Å²) in [6, 6.07) is 2.21. The summed E-state index contributed by atoms with van der Waals surface area (Å²) in [5.41, 5.74) is 2.43. The van der Waals surface area contributed by atoms with E-state index in [1.165, 1.54) is 24.4 Å². The molecule has 102 valence electrons. The van der Waals surface area contributed by atoms with E-state index in [1.807, 2.05) is 0 Å². The maximum atomic E-state index is 5.23. The standard InChI is InChI=1S/C14H25N3O/c1-11(2)6-13-7-14(16-15-13)9-17-5-4-12(8-17)10-18-3/h7,11-12H,4-6,8-10H2,1-3H3,(H,15,16)/t12-/m0/s1. The second-order valence-electron chi connectivity index (χ2n) is 5.83. The van der Waals surface area contributed by atoms with Gasteiger partial charge in [-0.25, -0.2) is 0 Å². The first-order valence-electron chi connectivity index (χ1n) is 6.91. The van der Waals surface area contributed by atoms with Crippen molar-refractivity contribution in [1.29, 1.82) is 0 Å². The van der Waals surface area contributed by atoms with Crippen molar-refractivity contribution in [3.63, 3.8) is 0 Å². The monoisotopic (exact) mass is 251 g/mol. The third-order valence-electron chi connectivity index (χ3n) is 3.47. The first-order chi connectivity index (χ1) is 8.67. The molecule has 1 aromatic heterocycles. The van der Waals surface area contributed by atoms with Crippen molar-refractivity contribution in [3.8, 4) is 0 Å². The summed E-state index contributed by atoms with van der Waals surface area (Å²) in [5, 5.41) is 7.54. The van der Waals surface area contributed by atoms with Crippen molar-refractivity contribution in [2.24, 2.45) is 11.8 Å². The van der Waals surface area contributed by atoms with E-state index in [9.17, 15) is 0 Å². The van der Waals surface area contributed by atoms with Crippen LogP contribution in [0.4, 0.5) is 0 Å². The van der Waals surface area contributed by atoms with Crippen molar-refractivity contribution >= 4 is 0 Å². The second kappa shape index (κ2) is 6.34. The zero-order valence-electron chi connectivity index (χ0n) is 11.8. The van der Waals surface area contributed by atoms with Gasteiger partial charge in [-0.3, -0.25) is 10.00 Å². The Hall–Kier alpha value is -0.870. The van der Waals surface area contributed by atoms with Gasteiger partial charge in [-0.1, -0.05) is 13.8 Å². The maximum absolute atomic E-state index is 5.23. The predicted octanol–water partition coefficient (Wildman–Crippen LogP) is 2.08. The fourth-order valence-electron chi connectivity index (χ4n) is 2.68. The van der Waals surface area contributed by atoms with Gasteiger partial charge in [-0.15, -0.1) is 0 Å². The van der Waals surface area contributed by atoms with Gasteiger partial charge < -0.3 is 4.74 Å². The molecule has 1 atom stereocenters. The molecule has 0 unspecified atom stereocenters. The summed E-state index contributed by atoms with van der Waals surface area (Å²) in [6.07, 6.45) is 2.31. The number of methoxy groups -OCH3 is 1. The minimum atomic E-state index is 0.666. The molecule has 1 aliphatic rings. The second-order valence-corrected chi connectivity index (χ2v) is 5.83. The van der Waals surface area contributed by atoms with E-state index < -0.39 is 0 Å². The largest absolute Gasteiger partial charge is 0.384 e. The zero-order valence-corrected chi connectivity index (χ0v) is 11.8. The number of H-pyrrole nitrogens is 1. The summed E-state index contributed by atoms with van der Waals surface area (Å²) in [4.78, 5) is 2.48. The highest BCUT2D eigenvalue weighted by Gasteiger charge is 2.22. The lowest BCUT2D eigenvalue weighted by molar-refractivity contribution is 0.152. The molecule has 4 heteroatoms. The van der Waals surface area contributed by atoms with E-state index in [1.54, 1.807) is 7.11 Å². The van der Waals surface area contributed by atoms with Gasteiger partial charge in [0, 0.05) is 25.9 Å². The number of hydrogen-bond donors (Lipinski definition) is 1. The normalized spacial score (nSPS) is 21.0. The van der Waals surface area contributed by atoms with Gasteiger partial charge in [-0.05, 0) is 37.3 Å². The van der Waals surface area contributed by atoms with Crippen LogP contribution in [0.25, 0.3) is 0 Å². The summed E-state index contributed by atoms with van der Waals surface area (Å²) < 4.78 is 5.23. The van der Waals surface area contributed by atoms with Crippen molar-refractivity contribution in [1.82, 2.24) is 15.1 Å². The number of nitrogens with one attached hydrogen (secondary N) is 1. The molecule has 0 radical (unpaired) electrons. The SMILES string of the molecule is COC[C@H]1CCN(Cc2cc(CC(C)C)n[nH]2)C1. The lowest BCUT2D eigenvalue weighted by Crippen LogP contribution is -2.21. The minimum Gasteiger partial charge on any atom is -0.384 e. The van der Waals surface area contributed by atoms with E-state index >= 15 is 0 Å². The number of ether oxygens (including phenoxy) is 1. The molecule has 0 aromatic carbocycles. The Morgan fingerprint density at radius 1 is 1.56 bits per heavy atom. The Bertz CT molecular complexity index is 362. The molecule has 4 nitrogen and oxygen atoms in total. The highest BCUT2D eigenvalue weighted by molar-refractivity contribution is 5.09. The molecule has 0 saturated carbocycles. The molecular weight excluding hydrogens is 226 g/mol. The van der Waals surface area contributed by atoms with Crippen molar-refractivity contribution < 1.29 is 4.74 Å². The number of rotatable bonds is 6. The summed E-state index contributed by atoms with van der Waals surface area (Å²) >= 11 is 0. The van der Waals surface area contributed by atoms with Gasteiger partial charge >= 0.3 is 0 Å². The van der Waals surface area contributed by atoms with Crippen molar-refractivity contribution in [2.45, 2.75) is 33.2 Å². The van der Waals surface area contributed by atoms with E-state index in [4.69, 9.17) is 4.74 Å². The van der Waals surface area contributed by atoms with Crippen molar-refractivity contribution in [3.05, 3.63) is 17.5 Å². The molecule has 1 saturated heterocycles. The number of hydrogen-bond acceptors (Lipinski definition) is 3. The third-order valence-corrected chi connectivity index (χ3v) is 3.47. The van der Waals surface area contributed by atoms with Crippen LogP contribution in [-0.2, 0) is 17.7 Å². The molecule has 0 aliphatic carbocycles. The lowest BCUT2D eigenvalue weighted by Gasteiger charge is -2.14. The van der Waals surface area contributed by atoms with Gasteiger partial charge in [0.25, 0.3) is 0 Å². The molecule has 1 fully saturated rings. The molecular formula is C14H25N3O. The first kappa shape index (κ1) is 13.6. The number of aromatic nitrogens is 2. The fourth-order valence-corrected chi connectivity index (χ4v) is 2.68. The smallest absolute Gasteiger partial charge is 0.0628 e. The Labute approximate surface area is 110 Å². The van der Waals surface area contributed by atoms with Crippen molar-refractivity contribution in [2.75, 3.05) is 26.8 Å². The predicted molar refractivity (Wildman–Crippen MR) is 72.4 cm³/mol. The molecule has 2 heterocycles. The Morgan fingerprint density at radius 3 is 3.11 bits per heavy atom. The maximum Gasteiger partial charge on any atom is 0.0628 e. The van der Waals surface area contributed by atoms with Gasteiger partial charge in [-0.2, -0.15) is 5.10 Å². The highest BCUT2D eigenvalue weighted by Crippen LogP contribution is 2.18. The fraction of sp³-hybridized carbons (Fsp3) is 0.786. The zero-order chi connectivity index (χ0) is 13.0. The van der Waals surface area contributed by atoms with Crippen LogP contribution in [0.15, 0.2) is 6.07 Å². The van der Waals surface area contributed by atoms with Crippen LogP contribution < -0.4 is 0 Å². The quantitative estimate of drug-likeness (QED) is 0.841. The molecule has 0 spiro atoms. The van der Waals surface area contributed by atoms with Crippen LogP contribution in [0, 0.1) is 11.8 Å². The van der Waals surface area contributed by atoms with Crippen LogP contribution in [0.5, 0.6) is 0 Å². The van der Waals surface area contributed by atoms with Crippen LogP contribution in [-0.4, -0.2) is 41.9 Å². The molecule has 1 aliphatic heterocycles. The van der Waals surface area contributed by atoms with Gasteiger partial charge in [0.1, 0.15) is 0 Å². The number of nitrogens with zero attached hydrogens (tertiary/aromatic N) is 2. The van der Waals surface area contributed by atoms with Crippen LogP contribution in [0.1, 0.15) is 31.7 Å². The number of aromatic amines is 1. The number of likely N-dealkylation sites (tertiary alicyclic amines) is 1. The average Bonchev–Trinajstić information content (AvgIpc) is 2.89. The Morgan fingerprint density at radius 2 is 2.39 bits per heavy atom. The van der Waals surface area contributed by atoms with E-state index in [-0.39, 0.29) is 0 Å². The van der Waals surface area contributed by atoms with E-state index in [0.29, 0.717) is 11.8 Å². The lowest BCUT2D eigenvalue weighted by atomic mass is 10.1. The Kier molecular flexibility index (Phi) is 4.78. The molecule has 1 N–H and O–H groups in total. The van der Waals surface area contributed by atoms with Crippen LogP contribution in [0.2, 0.25) is 0 Å². The highest BCUT2D eigenvalue weighted by atomic mass is 16.5. The molecule has 1 aromatic rings. The summed E-state index contributed by atoms with van der Waals surface area (Å²) in [7, 11) is 1.79.